The van der Waals surface area contributed by atoms with E-state index in [0.29, 0.717) is 24.2 Å². The van der Waals surface area contributed by atoms with E-state index in [2.05, 4.69) is 4.79 Å². The molecule has 0 amide bonds. The number of halogens is 1. The number of fused-ring (bicyclic) bond motifs is 2. The van der Waals surface area contributed by atoms with Crippen molar-refractivity contribution in [2.45, 2.75) is 31.3 Å². The van der Waals surface area contributed by atoms with Gasteiger partial charge in [0, 0.05) is 6.42 Å². The number of benzene rings is 1. The molecule has 0 spiro atoms. The van der Waals surface area contributed by atoms with Crippen molar-refractivity contribution in [2.24, 2.45) is 0 Å². The average Bonchev–Trinajstić information content (AvgIpc) is 3.09. The van der Waals surface area contributed by atoms with Crippen LogP contribution in [0.5, 0.6) is 5.75 Å². The zero-order chi connectivity index (χ0) is 21.2. The molecule has 0 saturated heterocycles. The number of hydrogen-bond donors (Lipinski definition) is 0. The number of nitrogens with zero attached hydrogens (tertiary/aromatic N) is 2. The highest BCUT2D eigenvalue weighted by Crippen LogP contribution is 2.48. The number of allylic oxidation sites excluding steroid dienone is 1. The van der Waals surface area contributed by atoms with Crippen LogP contribution in [-0.4, -0.2) is 54.4 Å². The molecule has 2 aliphatic rings. The lowest BCUT2D eigenvalue weighted by molar-refractivity contribution is -0.164. The van der Waals surface area contributed by atoms with Crippen LogP contribution in [0.15, 0.2) is 17.7 Å². The molecule has 0 radical (unpaired) electrons. The van der Waals surface area contributed by atoms with Gasteiger partial charge in [0.1, 0.15) is 17.2 Å². The fourth-order valence-electron chi connectivity index (χ4n) is 4.10. The molecule has 29 heavy (non-hydrogen) atoms. The summed E-state index contributed by atoms with van der Waals surface area (Å²) in [7, 11) is 2.77. The summed E-state index contributed by atoms with van der Waals surface area (Å²) in [6.07, 6.45) is 1.88. The number of methoxy groups -OCH3 is 2. The Labute approximate surface area is 172 Å². The van der Waals surface area contributed by atoms with Crippen LogP contribution in [0.1, 0.15) is 40.7 Å². The summed E-state index contributed by atoms with van der Waals surface area (Å²) < 4.78 is 15.7. The van der Waals surface area contributed by atoms with E-state index in [4.69, 9.17) is 31.3 Å². The third-order valence-electron chi connectivity index (χ3n) is 5.35. The molecule has 0 aliphatic heterocycles. The molecule has 0 fully saturated rings. The summed E-state index contributed by atoms with van der Waals surface area (Å²) in [6.45, 7) is 0. The molecule has 1 aromatic carbocycles. The van der Waals surface area contributed by atoms with Crippen molar-refractivity contribution in [3.8, 4) is 5.75 Å². The van der Waals surface area contributed by atoms with Gasteiger partial charge in [0.15, 0.2) is 5.60 Å². The maximum atomic E-state index is 12.6. The van der Waals surface area contributed by atoms with E-state index in [-0.39, 0.29) is 12.8 Å². The first-order chi connectivity index (χ1) is 13.9. The summed E-state index contributed by atoms with van der Waals surface area (Å²) in [6, 6.07) is 3.58. The molecule has 2 aliphatic carbocycles. The van der Waals surface area contributed by atoms with Crippen LogP contribution in [0.4, 0.5) is 0 Å². The molecule has 0 bridgehead atoms. The Hall–Kier alpha value is -2.96. The minimum atomic E-state index is -1.49. The normalized spacial score (nSPS) is 19.6. The van der Waals surface area contributed by atoms with E-state index in [1.54, 1.807) is 6.07 Å². The number of alkyl halides is 1. The number of esters is 2. The third kappa shape index (κ3) is 3.57. The topological polar surface area (TPSA) is 115 Å². The smallest absolute Gasteiger partial charge is 0.341 e. The first-order valence-electron chi connectivity index (χ1n) is 8.90. The Morgan fingerprint density at radius 1 is 1.31 bits per heavy atom. The molecule has 0 saturated carbocycles. The average molecular weight is 419 g/mol. The van der Waals surface area contributed by atoms with Gasteiger partial charge >= 0.3 is 18.2 Å². The van der Waals surface area contributed by atoms with Crippen LogP contribution in [0.25, 0.3) is 11.1 Å². The molecule has 1 aromatic rings. The van der Waals surface area contributed by atoms with Gasteiger partial charge < -0.3 is 19.7 Å². The van der Waals surface area contributed by atoms with Gasteiger partial charge in [-0.15, -0.1) is 11.6 Å². The van der Waals surface area contributed by atoms with E-state index >= 15 is 0 Å². The van der Waals surface area contributed by atoms with Crippen LogP contribution in [-0.2, 0) is 25.5 Å². The van der Waals surface area contributed by atoms with E-state index in [0.717, 1.165) is 28.5 Å². The van der Waals surface area contributed by atoms with Crippen LogP contribution < -0.4 is 4.74 Å². The number of ketones is 1. The quantitative estimate of drug-likeness (QED) is 0.230. The molecule has 0 aromatic heterocycles. The lowest BCUT2D eigenvalue weighted by Crippen LogP contribution is -2.46. The maximum absolute atomic E-state index is 12.6. The fraction of sp³-hybridized carbons (Fsp3) is 0.400. The predicted molar refractivity (Wildman–Crippen MR) is 103 cm³/mol. The molecule has 8 nitrogen and oxygen atoms in total. The number of carbonyl (C=O) groups is 3. The first kappa shape index (κ1) is 20.8. The zero-order valence-corrected chi connectivity index (χ0v) is 16.7. The first-order valence-corrected chi connectivity index (χ1v) is 9.43. The SMILES string of the molecule is COC(=O)c1c(OC)ccc2c1CC1=C2CCC(OC(=O)CCl)(C(=O)C=[N+]=[N-])C1. The van der Waals surface area contributed by atoms with Crippen molar-refractivity contribution in [1.29, 1.82) is 0 Å². The van der Waals surface area contributed by atoms with Gasteiger partial charge in [-0.25, -0.2) is 4.79 Å². The predicted octanol–water partition coefficient (Wildman–Crippen LogP) is 2.37. The van der Waals surface area contributed by atoms with Gasteiger partial charge in [-0.2, -0.15) is 4.79 Å². The van der Waals surface area contributed by atoms with Gasteiger partial charge in [0.25, 0.3) is 5.78 Å². The van der Waals surface area contributed by atoms with Crippen molar-refractivity contribution in [3.05, 3.63) is 39.9 Å². The molecule has 1 atom stereocenters. The van der Waals surface area contributed by atoms with E-state index < -0.39 is 29.2 Å². The largest absolute Gasteiger partial charge is 0.496 e. The summed E-state index contributed by atoms with van der Waals surface area (Å²) in [5, 5.41) is 0. The zero-order valence-electron chi connectivity index (χ0n) is 16.0. The standard InChI is InChI=1S/C20H19ClN2O6/c1-27-15-4-3-13-12-5-6-20(16(24)10-23-22,29-17(25)9-21)8-11(12)7-14(13)18(15)19(26)28-2/h3-4,10H,5-9H2,1-2H3. The van der Waals surface area contributed by atoms with E-state index in [9.17, 15) is 14.4 Å². The monoisotopic (exact) mass is 418 g/mol. The summed E-state index contributed by atoms with van der Waals surface area (Å²) in [5.74, 6) is -1.86. The summed E-state index contributed by atoms with van der Waals surface area (Å²) in [5.41, 5.74) is 11.1. The third-order valence-corrected chi connectivity index (χ3v) is 5.56. The van der Waals surface area contributed by atoms with Gasteiger partial charge in [-0.3, -0.25) is 9.59 Å². The van der Waals surface area contributed by atoms with Gasteiger partial charge in [-0.05, 0) is 42.0 Å². The van der Waals surface area contributed by atoms with E-state index in [1.807, 2.05) is 6.07 Å². The Morgan fingerprint density at radius 2 is 2.07 bits per heavy atom. The van der Waals surface area contributed by atoms with Gasteiger partial charge in [0.05, 0.1) is 14.2 Å². The highest BCUT2D eigenvalue weighted by molar-refractivity contribution is 6.30. The minimum Gasteiger partial charge on any atom is -0.496 e. The molecule has 0 N–H and O–H groups in total. The maximum Gasteiger partial charge on any atom is 0.341 e. The number of ether oxygens (including phenoxy) is 3. The molecule has 9 heteroatoms. The molecular formula is C20H19ClN2O6. The lowest BCUT2D eigenvalue weighted by atomic mass is 9.78. The minimum absolute atomic E-state index is 0.118. The molecule has 0 heterocycles. The highest BCUT2D eigenvalue weighted by Gasteiger charge is 2.48. The molecule has 3 rings (SSSR count). The van der Waals surface area contributed by atoms with Crippen molar-refractivity contribution < 1.29 is 33.4 Å². The Morgan fingerprint density at radius 3 is 2.69 bits per heavy atom. The second-order valence-corrected chi connectivity index (χ2v) is 7.07. The second kappa shape index (κ2) is 8.19. The fourth-order valence-corrected chi connectivity index (χ4v) is 4.16. The van der Waals surface area contributed by atoms with Crippen LogP contribution >= 0.6 is 11.6 Å². The highest BCUT2D eigenvalue weighted by atomic mass is 35.5. The number of carbonyl (C=O) groups excluding carboxylic acids is 3. The summed E-state index contributed by atoms with van der Waals surface area (Å²) in [4.78, 5) is 39.6. The van der Waals surface area contributed by atoms with Gasteiger partial charge in [0.2, 0.25) is 0 Å². The Balaban J connectivity index is 2.03. The number of Topliss-reactive ketones (excluding diaryl/α,β-unsaturated/α-hetero) is 1. The van der Waals surface area contributed by atoms with E-state index in [1.165, 1.54) is 14.2 Å². The van der Waals surface area contributed by atoms with Gasteiger partial charge in [-0.1, -0.05) is 11.6 Å². The van der Waals surface area contributed by atoms with Crippen LogP contribution in [0.3, 0.4) is 0 Å². The van der Waals surface area contributed by atoms with Crippen molar-refractivity contribution >= 4 is 41.1 Å². The molecular weight excluding hydrogens is 400 g/mol. The number of hydrogen-bond acceptors (Lipinski definition) is 6. The molecule has 1 unspecified atom stereocenters. The molecule has 152 valence electrons. The number of rotatable bonds is 6. The van der Waals surface area contributed by atoms with Crippen molar-refractivity contribution in [2.75, 3.05) is 20.1 Å². The lowest BCUT2D eigenvalue weighted by Gasteiger charge is -2.34. The van der Waals surface area contributed by atoms with Crippen LogP contribution in [0.2, 0.25) is 0 Å². The summed E-state index contributed by atoms with van der Waals surface area (Å²) >= 11 is 5.56. The Bertz CT molecular complexity index is 979. The second-order valence-electron chi connectivity index (χ2n) is 6.81. The van der Waals surface area contributed by atoms with Crippen molar-refractivity contribution in [1.82, 2.24) is 0 Å². The van der Waals surface area contributed by atoms with Crippen molar-refractivity contribution in [3.63, 3.8) is 0 Å². The Kier molecular flexibility index (Phi) is 5.86. The van der Waals surface area contributed by atoms with Crippen LogP contribution in [0, 0.1) is 0 Å².